The molecule has 3 rings (SSSR count). The zero-order valence-corrected chi connectivity index (χ0v) is 13.7. The summed E-state index contributed by atoms with van der Waals surface area (Å²) >= 11 is 0. The van der Waals surface area contributed by atoms with Crippen molar-refractivity contribution in [1.29, 1.82) is 0 Å². The van der Waals surface area contributed by atoms with Crippen LogP contribution in [0.5, 0.6) is 0 Å². The number of nitrogens with one attached hydrogen (secondary N) is 1. The highest BCUT2D eigenvalue weighted by molar-refractivity contribution is 5.84. The maximum absolute atomic E-state index is 11.9. The van der Waals surface area contributed by atoms with Crippen LogP contribution in [0.2, 0.25) is 0 Å². The summed E-state index contributed by atoms with van der Waals surface area (Å²) in [6.07, 6.45) is 0.516. The molecule has 0 aliphatic carbocycles. The monoisotopic (exact) mass is 302 g/mol. The van der Waals surface area contributed by atoms with Crippen molar-refractivity contribution in [3.05, 3.63) is 45.3 Å². The number of rotatable bonds is 2. The highest BCUT2D eigenvalue weighted by atomic mass is 16.5. The van der Waals surface area contributed by atoms with Crippen LogP contribution < -0.4 is 10.5 Å². The van der Waals surface area contributed by atoms with Gasteiger partial charge < -0.3 is 14.1 Å². The molecule has 3 atom stereocenters. The lowest BCUT2D eigenvalue weighted by Gasteiger charge is -2.32. The molecule has 0 bridgehead atoms. The minimum absolute atomic E-state index is 0.258. The molecule has 1 aliphatic rings. The summed E-state index contributed by atoms with van der Waals surface area (Å²) in [5, 5.41) is 1.09. The molecular weight excluding hydrogens is 278 g/mol. The molecule has 4 nitrogen and oxygen atoms in total. The van der Waals surface area contributed by atoms with Gasteiger partial charge in [0, 0.05) is 17.0 Å². The lowest BCUT2D eigenvalue weighted by molar-refractivity contribution is -0.928. The van der Waals surface area contributed by atoms with Crippen molar-refractivity contribution in [2.45, 2.75) is 46.4 Å². The number of ether oxygens (including phenoxy) is 1. The van der Waals surface area contributed by atoms with Gasteiger partial charge in [-0.05, 0) is 44.9 Å². The minimum Gasteiger partial charge on any atom is -0.423 e. The summed E-state index contributed by atoms with van der Waals surface area (Å²) in [5.41, 5.74) is 3.81. The molecule has 1 aromatic heterocycles. The van der Waals surface area contributed by atoms with Gasteiger partial charge in [-0.2, -0.15) is 0 Å². The Morgan fingerprint density at radius 3 is 2.50 bits per heavy atom. The van der Waals surface area contributed by atoms with Crippen LogP contribution in [0.15, 0.2) is 27.4 Å². The molecule has 0 spiro atoms. The van der Waals surface area contributed by atoms with Crippen LogP contribution in [0, 0.1) is 13.8 Å². The summed E-state index contributed by atoms with van der Waals surface area (Å²) in [6, 6.07) is 5.75. The number of morpholine rings is 1. The van der Waals surface area contributed by atoms with Crippen molar-refractivity contribution in [2.24, 2.45) is 0 Å². The van der Waals surface area contributed by atoms with Crippen molar-refractivity contribution in [1.82, 2.24) is 0 Å². The van der Waals surface area contributed by atoms with E-state index in [-0.39, 0.29) is 17.8 Å². The van der Waals surface area contributed by atoms with E-state index in [2.05, 4.69) is 26.8 Å². The van der Waals surface area contributed by atoms with Gasteiger partial charge in [0.2, 0.25) is 0 Å². The van der Waals surface area contributed by atoms with Crippen LogP contribution in [0.3, 0.4) is 0 Å². The first kappa shape index (κ1) is 15.3. The van der Waals surface area contributed by atoms with Gasteiger partial charge in [0.25, 0.3) is 0 Å². The number of benzene rings is 1. The fraction of sp³-hybridized carbons (Fsp3) is 0.500. The topological polar surface area (TPSA) is 43.9 Å². The molecule has 0 amide bonds. The second-order valence-electron chi connectivity index (χ2n) is 6.64. The largest absolute Gasteiger partial charge is 0.423 e. The van der Waals surface area contributed by atoms with Crippen LogP contribution in [0.4, 0.5) is 0 Å². The summed E-state index contributed by atoms with van der Waals surface area (Å²) in [6.45, 7) is 11.1. The van der Waals surface area contributed by atoms with Crippen molar-refractivity contribution in [3.8, 4) is 0 Å². The molecule has 1 unspecified atom stereocenters. The van der Waals surface area contributed by atoms with Gasteiger partial charge in [-0.1, -0.05) is 6.07 Å². The van der Waals surface area contributed by atoms with Crippen molar-refractivity contribution < 1.29 is 14.1 Å². The van der Waals surface area contributed by atoms with E-state index in [0.717, 1.165) is 36.1 Å². The average molecular weight is 302 g/mol. The molecule has 1 saturated heterocycles. The maximum atomic E-state index is 11.9. The molecule has 2 heterocycles. The molecule has 1 aromatic carbocycles. The fourth-order valence-electron chi connectivity index (χ4n) is 3.72. The number of aryl methyl sites for hydroxylation is 2. The molecule has 1 fully saturated rings. The Kier molecular flexibility index (Phi) is 4.06. The molecule has 2 aromatic rings. The first-order valence-electron chi connectivity index (χ1n) is 7.95. The summed E-state index contributed by atoms with van der Waals surface area (Å²) in [5.74, 6) is 0. The Morgan fingerprint density at radius 1 is 1.14 bits per heavy atom. The van der Waals surface area contributed by atoms with E-state index in [1.165, 1.54) is 10.5 Å². The van der Waals surface area contributed by atoms with Crippen LogP contribution in [0.1, 0.15) is 30.5 Å². The van der Waals surface area contributed by atoms with E-state index in [1.54, 1.807) is 6.07 Å². The number of hydrogen-bond donors (Lipinski definition) is 1. The first-order valence-corrected chi connectivity index (χ1v) is 7.95. The van der Waals surface area contributed by atoms with Gasteiger partial charge >= 0.3 is 5.63 Å². The highest BCUT2D eigenvalue weighted by Crippen LogP contribution is 2.22. The SMILES string of the molecule is Cc1cc(C)c2c(C[NH+]3C[C@@H](C)O[C@@H](C)C3)cc(=O)oc2c1. The highest BCUT2D eigenvalue weighted by Gasteiger charge is 2.26. The predicted molar refractivity (Wildman–Crippen MR) is 86.4 cm³/mol. The van der Waals surface area contributed by atoms with Gasteiger partial charge in [0.15, 0.2) is 0 Å². The standard InChI is InChI=1S/C18H23NO3/c1-11-5-12(2)18-15(7-17(20)22-16(18)6-11)10-19-8-13(3)21-14(4)9-19/h5-7,13-14H,8-10H2,1-4H3/p+1/t13-,14+. The van der Waals surface area contributed by atoms with E-state index in [9.17, 15) is 4.79 Å². The quantitative estimate of drug-likeness (QED) is 0.857. The minimum atomic E-state index is -0.263. The smallest absolute Gasteiger partial charge is 0.336 e. The zero-order valence-electron chi connectivity index (χ0n) is 13.7. The summed E-state index contributed by atoms with van der Waals surface area (Å²) in [7, 11) is 0. The first-order chi connectivity index (χ1) is 10.4. The van der Waals surface area contributed by atoms with Gasteiger partial charge in [-0.15, -0.1) is 0 Å². The Balaban J connectivity index is 2.01. The Labute approximate surface area is 130 Å². The normalized spacial score (nSPS) is 25.5. The summed E-state index contributed by atoms with van der Waals surface area (Å²) < 4.78 is 11.2. The number of fused-ring (bicyclic) bond motifs is 1. The van der Waals surface area contributed by atoms with E-state index in [0.29, 0.717) is 5.58 Å². The Hall–Kier alpha value is -1.65. The molecule has 118 valence electrons. The van der Waals surface area contributed by atoms with Crippen LogP contribution in [-0.2, 0) is 11.3 Å². The van der Waals surface area contributed by atoms with Crippen molar-refractivity contribution in [2.75, 3.05) is 13.1 Å². The molecule has 0 radical (unpaired) electrons. The lowest BCUT2D eigenvalue weighted by atomic mass is 10.0. The third-order valence-electron chi connectivity index (χ3n) is 4.32. The van der Waals surface area contributed by atoms with Crippen LogP contribution in [-0.4, -0.2) is 25.3 Å². The van der Waals surface area contributed by atoms with Gasteiger partial charge in [-0.25, -0.2) is 4.79 Å². The van der Waals surface area contributed by atoms with Crippen molar-refractivity contribution >= 4 is 11.0 Å². The second-order valence-corrected chi connectivity index (χ2v) is 6.64. The molecule has 0 saturated carbocycles. The van der Waals surface area contributed by atoms with E-state index >= 15 is 0 Å². The fourth-order valence-corrected chi connectivity index (χ4v) is 3.72. The lowest BCUT2D eigenvalue weighted by Crippen LogP contribution is -3.14. The molecular formula is C18H24NO3+. The maximum Gasteiger partial charge on any atom is 0.336 e. The molecule has 22 heavy (non-hydrogen) atoms. The Bertz CT molecular complexity index is 740. The third-order valence-corrected chi connectivity index (χ3v) is 4.32. The zero-order chi connectivity index (χ0) is 15.9. The van der Waals surface area contributed by atoms with Gasteiger partial charge in [0.1, 0.15) is 37.4 Å². The summed E-state index contributed by atoms with van der Waals surface area (Å²) in [4.78, 5) is 13.4. The second kappa shape index (κ2) is 5.86. The Morgan fingerprint density at radius 2 is 1.82 bits per heavy atom. The predicted octanol–water partition coefficient (Wildman–Crippen LogP) is 1.60. The van der Waals surface area contributed by atoms with Crippen LogP contribution in [0.25, 0.3) is 11.0 Å². The van der Waals surface area contributed by atoms with Crippen molar-refractivity contribution in [3.63, 3.8) is 0 Å². The van der Waals surface area contributed by atoms with Crippen LogP contribution >= 0.6 is 0 Å². The van der Waals surface area contributed by atoms with E-state index in [4.69, 9.17) is 9.15 Å². The molecule has 1 N–H and O–H groups in total. The van der Waals surface area contributed by atoms with Gasteiger partial charge in [-0.3, -0.25) is 0 Å². The third kappa shape index (κ3) is 3.08. The van der Waals surface area contributed by atoms with E-state index in [1.807, 2.05) is 13.0 Å². The van der Waals surface area contributed by atoms with E-state index < -0.39 is 0 Å². The number of quaternary nitrogens is 1. The molecule has 1 aliphatic heterocycles. The average Bonchev–Trinajstić information content (AvgIpc) is 2.35. The molecule has 4 heteroatoms. The number of hydrogen-bond acceptors (Lipinski definition) is 3. The van der Waals surface area contributed by atoms with Gasteiger partial charge in [0.05, 0.1) is 0 Å².